The maximum atomic E-state index is 11.9. The number of carbonyl (C=O) groups is 6. The van der Waals surface area contributed by atoms with Gasteiger partial charge in [0.25, 0.3) is 52.5 Å². The lowest BCUT2D eigenvalue weighted by molar-refractivity contribution is -0.385. The first-order chi connectivity index (χ1) is 49.3. The number of rotatable bonds is 15. The number of anilines is 9. The Morgan fingerprint density at radius 1 is 0.245 bits per heavy atom. The monoisotopic (exact) mass is 1360 g/mol. The number of nitro benzene ring substituents is 3. The lowest BCUT2D eigenvalue weighted by Crippen LogP contribution is -2.12. The molecule has 24 nitrogen and oxygen atoms in total. The molecule has 0 radical (unpaired) electrons. The third-order valence-corrected chi connectivity index (χ3v) is 13.7. The van der Waals surface area contributed by atoms with Crippen molar-refractivity contribution in [2.45, 2.75) is 0 Å². The van der Waals surface area contributed by atoms with Crippen molar-refractivity contribution in [2.75, 3.05) is 49.1 Å². The van der Waals surface area contributed by atoms with Gasteiger partial charge in [0.15, 0.2) is 0 Å². The Labute approximate surface area is 585 Å². The van der Waals surface area contributed by atoms with E-state index in [0.717, 1.165) is 5.69 Å². The number of hydrogen-bond acceptors (Lipinski definition) is 15. The van der Waals surface area contributed by atoms with Crippen LogP contribution in [0.25, 0.3) is 0 Å². The Morgan fingerprint density at radius 2 is 0.549 bits per heavy atom. The predicted octanol–water partition coefficient (Wildman–Crippen LogP) is 16.1. The minimum Gasteiger partial charge on any atom is -0.399 e. The summed E-state index contributed by atoms with van der Waals surface area (Å²) in [5.74, 6) is -1.32. The fourth-order valence-electron chi connectivity index (χ4n) is 8.64. The molecule has 0 saturated carbocycles. The van der Waals surface area contributed by atoms with Gasteiger partial charge in [-0.1, -0.05) is 146 Å². The minimum absolute atomic E-state index is 0.00675. The van der Waals surface area contributed by atoms with Gasteiger partial charge in [-0.15, -0.1) is 0 Å². The van der Waals surface area contributed by atoms with Gasteiger partial charge in [0.05, 0.1) is 26.1 Å². The molecule has 12 rings (SSSR count). The van der Waals surface area contributed by atoms with E-state index >= 15 is 0 Å². The lowest BCUT2D eigenvalue weighted by Gasteiger charge is -2.07. The maximum Gasteiger partial charge on any atom is 0.292 e. The van der Waals surface area contributed by atoms with Gasteiger partial charge in [-0.25, -0.2) is 0 Å². The summed E-state index contributed by atoms with van der Waals surface area (Å²) in [6, 6.07) is 92.0. The van der Waals surface area contributed by atoms with Crippen LogP contribution in [0, 0.1) is 30.3 Å². The molecular weight excluding hydrogens is 1300 g/mol. The lowest BCUT2D eigenvalue weighted by atomic mass is 10.2. The molecule has 12 aromatic carbocycles. The number of nitrogen functional groups attached to an aromatic ring is 3. The SMILES string of the molecule is Nc1ccc(NC(=O)c2ccccc2)cc1.Nc1cccc(NC(=O)c2ccccc2)c1.Nc1ccccc1NC(=O)c1ccccc1.O=C(Nc1ccc([N+](=O)[O-])cc1)c1ccccc1.O=C(Nc1cccc([N+](=O)[O-])c1)c1ccccc1.O=C(Nc1ccccc1[N+](=O)[O-])c1ccccc1. The van der Waals surface area contributed by atoms with E-state index in [4.69, 9.17) is 17.2 Å². The molecule has 0 atom stereocenters. The quantitative estimate of drug-likeness (QED) is 0.0262. The number of amides is 6. The number of nitrogens with two attached hydrogens (primary N) is 3. The van der Waals surface area contributed by atoms with Crippen LogP contribution in [-0.2, 0) is 0 Å². The van der Waals surface area contributed by atoms with Gasteiger partial charge >= 0.3 is 0 Å². The zero-order valence-electron chi connectivity index (χ0n) is 54.1. The van der Waals surface area contributed by atoms with Crippen LogP contribution in [0.5, 0.6) is 0 Å². The van der Waals surface area contributed by atoms with Crippen molar-refractivity contribution in [2.24, 2.45) is 0 Å². The van der Waals surface area contributed by atoms with Gasteiger partial charge in [-0.2, -0.15) is 0 Å². The molecule has 0 aliphatic heterocycles. The van der Waals surface area contributed by atoms with Gasteiger partial charge in [0.2, 0.25) is 0 Å². The van der Waals surface area contributed by atoms with Crippen LogP contribution >= 0.6 is 0 Å². The minimum atomic E-state index is -0.527. The van der Waals surface area contributed by atoms with Crippen molar-refractivity contribution in [3.63, 3.8) is 0 Å². The highest BCUT2D eigenvalue weighted by atomic mass is 16.6. The number of hydrogen-bond donors (Lipinski definition) is 9. The first-order valence-electron chi connectivity index (χ1n) is 30.8. The van der Waals surface area contributed by atoms with E-state index in [1.165, 1.54) is 54.6 Å². The first-order valence-corrected chi connectivity index (χ1v) is 30.8. The summed E-state index contributed by atoms with van der Waals surface area (Å²) in [4.78, 5) is 101. The molecule has 12 N–H and O–H groups in total. The summed E-state index contributed by atoms with van der Waals surface area (Å²) >= 11 is 0. The molecule has 0 heterocycles. The number of non-ortho nitro benzene ring substituents is 2. The van der Waals surface area contributed by atoms with Crippen LogP contribution in [0.4, 0.5) is 68.2 Å². The molecule has 0 spiro atoms. The van der Waals surface area contributed by atoms with E-state index in [1.54, 1.807) is 194 Å². The van der Waals surface area contributed by atoms with Gasteiger partial charge < -0.3 is 49.1 Å². The average molecular weight is 1360 g/mol. The van der Waals surface area contributed by atoms with Crippen molar-refractivity contribution in [3.8, 4) is 0 Å². The van der Waals surface area contributed by atoms with Gasteiger partial charge in [0, 0.05) is 97.8 Å². The number of nitrogens with zero attached hydrogens (tertiary/aromatic N) is 3. The largest absolute Gasteiger partial charge is 0.399 e. The molecule has 0 bridgehead atoms. The van der Waals surface area contributed by atoms with E-state index in [9.17, 15) is 59.1 Å². The molecule has 0 aliphatic rings. The Morgan fingerprint density at radius 3 is 0.912 bits per heavy atom. The summed E-state index contributed by atoms with van der Waals surface area (Å²) in [6.07, 6.45) is 0. The van der Waals surface area contributed by atoms with E-state index in [0.29, 0.717) is 73.2 Å². The molecule has 510 valence electrons. The van der Waals surface area contributed by atoms with Crippen molar-refractivity contribution >= 4 is 104 Å². The van der Waals surface area contributed by atoms with E-state index in [1.807, 2.05) is 78.9 Å². The number of carbonyl (C=O) groups excluding carboxylic acids is 6. The second-order valence-corrected chi connectivity index (χ2v) is 21.1. The van der Waals surface area contributed by atoms with Gasteiger partial charge in [0.1, 0.15) is 5.69 Å². The normalized spacial score (nSPS) is 9.76. The molecule has 0 saturated heterocycles. The van der Waals surface area contributed by atoms with Crippen LogP contribution in [0.1, 0.15) is 62.1 Å². The maximum absolute atomic E-state index is 11.9. The summed E-state index contributed by atoms with van der Waals surface area (Å²) in [5, 5.41) is 48.0. The predicted molar refractivity (Wildman–Crippen MR) is 398 cm³/mol. The zero-order valence-corrected chi connectivity index (χ0v) is 54.1. The zero-order chi connectivity index (χ0) is 73.0. The van der Waals surface area contributed by atoms with Crippen LogP contribution in [0.3, 0.4) is 0 Å². The standard InChI is InChI=1S/3C13H10N2O3.3C13H12N2O/c16-13(10-6-2-1-3-7-10)14-11-8-4-5-9-12(11)15(17)18;16-13(10-5-2-1-3-6-10)14-11-7-4-8-12(9-11)15(17)18;16-13(10-4-2-1-3-5-10)14-11-6-8-12(9-7-11)15(17)18;14-11-8-4-5-9-12(11)15-13(16)10-6-2-1-3-7-10;14-11-7-4-8-12(9-11)15-13(16)10-5-2-1-3-6-10;14-11-6-8-12(9-7-11)15-13(16)10-4-2-1-3-5-10/h3*1-9H,(H,14,16);3*1-9H,14H2,(H,15,16). The topological polar surface area (TPSA) is 382 Å². The highest BCUT2D eigenvalue weighted by molar-refractivity contribution is 6.08. The fraction of sp³-hybridized carbons (Fsp3) is 0. The average Bonchev–Trinajstić information content (AvgIpc) is 0.874. The molecule has 6 amide bonds. The van der Waals surface area contributed by atoms with Crippen LogP contribution in [0.15, 0.2) is 328 Å². The van der Waals surface area contributed by atoms with Crippen molar-refractivity contribution in [3.05, 3.63) is 391 Å². The number of benzene rings is 12. The van der Waals surface area contributed by atoms with Crippen LogP contribution in [-0.4, -0.2) is 50.2 Å². The fourth-order valence-corrected chi connectivity index (χ4v) is 8.64. The second kappa shape index (κ2) is 39.2. The number of para-hydroxylation sites is 4. The van der Waals surface area contributed by atoms with Crippen molar-refractivity contribution < 1.29 is 43.5 Å². The molecule has 0 aliphatic carbocycles. The third-order valence-electron chi connectivity index (χ3n) is 13.7. The second-order valence-electron chi connectivity index (χ2n) is 21.1. The van der Waals surface area contributed by atoms with Gasteiger partial charge in [-0.3, -0.25) is 59.1 Å². The summed E-state index contributed by atoms with van der Waals surface area (Å²) in [5.41, 5.74) is 25.2. The number of nitro groups is 3. The summed E-state index contributed by atoms with van der Waals surface area (Å²) in [7, 11) is 0. The summed E-state index contributed by atoms with van der Waals surface area (Å²) in [6.45, 7) is 0. The molecule has 0 fully saturated rings. The molecular formula is C78H66N12O12. The van der Waals surface area contributed by atoms with E-state index < -0.39 is 14.8 Å². The van der Waals surface area contributed by atoms with Crippen molar-refractivity contribution in [1.82, 2.24) is 0 Å². The third kappa shape index (κ3) is 25.0. The Balaban J connectivity index is 0.000000172. The molecule has 12 aromatic rings. The van der Waals surface area contributed by atoms with Crippen LogP contribution < -0.4 is 49.1 Å². The van der Waals surface area contributed by atoms with E-state index in [-0.39, 0.29) is 58.2 Å². The number of nitrogens with one attached hydrogen (secondary N) is 6. The van der Waals surface area contributed by atoms with E-state index in [2.05, 4.69) is 31.9 Å². The Hall–Kier alpha value is -14.9. The first kappa shape index (κ1) is 74.5. The summed E-state index contributed by atoms with van der Waals surface area (Å²) < 4.78 is 0. The smallest absolute Gasteiger partial charge is 0.292 e. The van der Waals surface area contributed by atoms with Gasteiger partial charge in [-0.05, 0) is 152 Å². The highest BCUT2D eigenvalue weighted by Gasteiger charge is 2.16. The van der Waals surface area contributed by atoms with Crippen molar-refractivity contribution in [1.29, 1.82) is 0 Å². The highest BCUT2D eigenvalue weighted by Crippen LogP contribution is 2.25. The van der Waals surface area contributed by atoms with Crippen LogP contribution in [0.2, 0.25) is 0 Å². The molecule has 0 unspecified atom stereocenters. The Kier molecular flexibility index (Phi) is 28.6. The molecule has 102 heavy (non-hydrogen) atoms. The molecule has 0 aromatic heterocycles. The molecule has 24 heteroatoms. The Bertz CT molecular complexity index is 4760.